The number of ether oxygens (including phenoxy) is 1. The average Bonchev–Trinajstić information content (AvgIpc) is 2.53. The van der Waals surface area contributed by atoms with E-state index in [1.807, 2.05) is 0 Å². The second kappa shape index (κ2) is 5.81. The summed E-state index contributed by atoms with van der Waals surface area (Å²) in [4.78, 5) is 26.5. The number of pyridine rings is 1. The molecule has 0 radical (unpaired) electrons. The van der Waals surface area contributed by atoms with E-state index in [4.69, 9.17) is 4.74 Å². The Kier molecular flexibility index (Phi) is 3.70. The van der Waals surface area contributed by atoms with Gasteiger partial charge in [-0.3, -0.25) is 4.79 Å². The maximum absolute atomic E-state index is 13.5. The van der Waals surface area contributed by atoms with Crippen LogP contribution in [0.15, 0.2) is 59.4 Å². The average molecular weight is 297 g/mol. The molecule has 0 fully saturated rings. The Morgan fingerprint density at radius 1 is 1.09 bits per heavy atom. The summed E-state index contributed by atoms with van der Waals surface area (Å²) in [5.74, 6) is -1.10. The van der Waals surface area contributed by atoms with Crippen molar-refractivity contribution >= 4 is 16.9 Å². The van der Waals surface area contributed by atoms with Gasteiger partial charge in [0.25, 0.3) is 0 Å². The highest BCUT2D eigenvalue weighted by Crippen LogP contribution is 2.16. The van der Waals surface area contributed by atoms with Crippen LogP contribution in [0.25, 0.3) is 10.9 Å². The number of rotatable bonds is 3. The molecule has 0 amide bonds. The van der Waals surface area contributed by atoms with E-state index >= 15 is 0 Å². The second-order valence-electron chi connectivity index (χ2n) is 4.76. The van der Waals surface area contributed by atoms with Gasteiger partial charge in [0.1, 0.15) is 12.4 Å². The lowest BCUT2D eigenvalue weighted by atomic mass is 10.1. The summed E-state index contributed by atoms with van der Waals surface area (Å²) in [6.45, 7) is -0.188. The van der Waals surface area contributed by atoms with Crippen LogP contribution in [0.5, 0.6) is 0 Å². The van der Waals surface area contributed by atoms with E-state index in [2.05, 4.69) is 4.98 Å². The van der Waals surface area contributed by atoms with Crippen LogP contribution in [-0.2, 0) is 11.3 Å². The zero-order valence-electron chi connectivity index (χ0n) is 11.5. The van der Waals surface area contributed by atoms with Crippen LogP contribution in [0.3, 0.4) is 0 Å². The number of hydrogen-bond acceptors (Lipinski definition) is 3. The fourth-order valence-electron chi connectivity index (χ4n) is 2.21. The van der Waals surface area contributed by atoms with Crippen LogP contribution in [0, 0.1) is 5.82 Å². The maximum atomic E-state index is 13.5. The third-order valence-electron chi connectivity index (χ3n) is 3.29. The fourth-order valence-corrected chi connectivity index (χ4v) is 2.21. The number of hydrogen-bond donors (Lipinski definition) is 1. The highest BCUT2D eigenvalue weighted by Gasteiger charge is 2.14. The van der Waals surface area contributed by atoms with E-state index in [0.29, 0.717) is 10.9 Å². The first kappa shape index (κ1) is 14.0. The van der Waals surface area contributed by atoms with E-state index < -0.39 is 17.3 Å². The summed E-state index contributed by atoms with van der Waals surface area (Å²) in [5.41, 5.74) is 0.602. The molecule has 1 aromatic heterocycles. The van der Waals surface area contributed by atoms with Crippen LogP contribution in [0.1, 0.15) is 15.9 Å². The Bertz CT molecular complexity index is 902. The van der Waals surface area contributed by atoms with Crippen molar-refractivity contribution in [2.24, 2.45) is 0 Å². The molecule has 110 valence electrons. The lowest BCUT2D eigenvalue weighted by Crippen LogP contribution is -2.13. The van der Waals surface area contributed by atoms with Crippen LogP contribution in [0.2, 0.25) is 0 Å². The molecule has 0 atom stereocenters. The Labute approximate surface area is 125 Å². The first-order valence-corrected chi connectivity index (χ1v) is 6.68. The molecular weight excluding hydrogens is 285 g/mol. The largest absolute Gasteiger partial charge is 0.457 e. The van der Waals surface area contributed by atoms with Gasteiger partial charge in [0.2, 0.25) is 5.56 Å². The highest BCUT2D eigenvalue weighted by molar-refractivity contribution is 6.03. The number of carbonyl (C=O) groups excluding carboxylic acids is 1. The number of halogens is 1. The molecule has 2 aromatic carbocycles. The van der Waals surface area contributed by atoms with E-state index in [0.717, 1.165) is 0 Å². The van der Waals surface area contributed by atoms with Crippen molar-refractivity contribution < 1.29 is 13.9 Å². The van der Waals surface area contributed by atoms with Gasteiger partial charge in [-0.2, -0.15) is 0 Å². The van der Waals surface area contributed by atoms with Crippen molar-refractivity contribution in [1.82, 2.24) is 4.98 Å². The Hall–Kier alpha value is -2.95. The number of carbonyl (C=O) groups is 1. The van der Waals surface area contributed by atoms with Crippen molar-refractivity contribution in [2.75, 3.05) is 0 Å². The quantitative estimate of drug-likeness (QED) is 0.756. The molecule has 4 nitrogen and oxygen atoms in total. The van der Waals surface area contributed by atoms with Gasteiger partial charge in [-0.05, 0) is 12.1 Å². The van der Waals surface area contributed by atoms with Gasteiger partial charge in [-0.1, -0.05) is 36.4 Å². The maximum Gasteiger partial charge on any atom is 0.339 e. The van der Waals surface area contributed by atoms with Gasteiger partial charge in [0.15, 0.2) is 0 Å². The third-order valence-corrected chi connectivity index (χ3v) is 3.29. The predicted octanol–water partition coefficient (Wildman–Crippen LogP) is 3.02. The first-order chi connectivity index (χ1) is 10.6. The zero-order chi connectivity index (χ0) is 15.5. The molecule has 0 spiro atoms. The van der Waals surface area contributed by atoms with Crippen LogP contribution in [-0.4, -0.2) is 11.0 Å². The standard InChI is InChI=1S/C17H12FNO3/c18-14-7-3-1-5-11(14)10-22-17(21)13-9-16(20)19-15-8-4-2-6-12(13)15/h1-9H,10H2,(H,19,20). The van der Waals surface area contributed by atoms with E-state index in [1.165, 1.54) is 12.1 Å². The van der Waals surface area contributed by atoms with Crippen molar-refractivity contribution in [3.8, 4) is 0 Å². The molecule has 5 heteroatoms. The lowest BCUT2D eigenvalue weighted by Gasteiger charge is -2.08. The molecule has 0 saturated heterocycles. The molecule has 0 aliphatic heterocycles. The van der Waals surface area contributed by atoms with E-state index in [9.17, 15) is 14.0 Å². The summed E-state index contributed by atoms with van der Waals surface area (Å²) >= 11 is 0. The number of fused-ring (bicyclic) bond motifs is 1. The normalized spacial score (nSPS) is 10.6. The highest BCUT2D eigenvalue weighted by atomic mass is 19.1. The van der Waals surface area contributed by atoms with Crippen LogP contribution in [0.4, 0.5) is 4.39 Å². The molecule has 1 heterocycles. The SMILES string of the molecule is O=C(OCc1ccccc1F)c1cc(=O)[nH]c2ccccc12. The summed E-state index contributed by atoms with van der Waals surface area (Å²) in [6.07, 6.45) is 0. The number of aromatic nitrogens is 1. The number of benzene rings is 2. The molecule has 0 bridgehead atoms. The van der Waals surface area contributed by atoms with Gasteiger partial charge in [0.05, 0.1) is 5.56 Å². The summed E-state index contributed by atoms with van der Waals surface area (Å²) in [7, 11) is 0. The Balaban J connectivity index is 1.90. The zero-order valence-corrected chi connectivity index (χ0v) is 11.5. The van der Waals surface area contributed by atoms with Gasteiger partial charge >= 0.3 is 5.97 Å². The lowest BCUT2D eigenvalue weighted by molar-refractivity contribution is 0.0471. The Morgan fingerprint density at radius 2 is 1.82 bits per heavy atom. The number of nitrogens with one attached hydrogen (secondary N) is 1. The third kappa shape index (κ3) is 2.74. The molecule has 3 rings (SSSR count). The molecule has 1 N–H and O–H groups in total. The predicted molar refractivity (Wildman–Crippen MR) is 80.1 cm³/mol. The smallest absolute Gasteiger partial charge is 0.339 e. The van der Waals surface area contributed by atoms with Crippen molar-refractivity contribution in [3.63, 3.8) is 0 Å². The topological polar surface area (TPSA) is 59.2 Å². The van der Waals surface area contributed by atoms with Gasteiger partial charge < -0.3 is 9.72 Å². The molecule has 0 unspecified atom stereocenters. The minimum Gasteiger partial charge on any atom is -0.457 e. The number of H-pyrrole nitrogens is 1. The molecule has 0 aliphatic carbocycles. The minimum atomic E-state index is -0.662. The summed E-state index contributed by atoms with van der Waals surface area (Å²) in [6, 6.07) is 14.2. The van der Waals surface area contributed by atoms with Crippen LogP contribution < -0.4 is 5.56 Å². The van der Waals surface area contributed by atoms with E-state index in [-0.39, 0.29) is 17.7 Å². The minimum absolute atomic E-state index is 0.163. The fraction of sp³-hybridized carbons (Fsp3) is 0.0588. The van der Waals surface area contributed by atoms with Crippen molar-refractivity contribution in [2.45, 2.75) is 6.61 Å². The van der Waals surface area contributed by atoms with E-state index in [1.54, 1.807) is 42.5 Å². The van der Waals surface area contributed by atoms with Crippen LogP contribution >= 0.6 is 0 Å². The van der Waals surface area contributed by atoms with Gasteiger partial charge in [-0.25, -0.2) is 9.18 Å². The Morgan fingerprint density at radius 3 is 2.64 bits per heavy atom. The second-order valence-corrected chi connectivity index (χ2v) is 4.76. The number of esters is 1. The van der Waals surface area contributed by atoms with Crippen molar-refractivity contribution in [3.05, 3.63) is 81.9 Å². The van der Waals surface area contributed by atoms with Gasteiger partial charge in [0, 0.05) is 22.5 Å². The number of aromatic amines is 1. The monoisotopic (exact) mass is 297 g/mol. The first-order valence-electron chi connectivity index (χ1n) is 6.68. The number of para-hydroxylation sites is 1. The molecular formula is C17H12FNO3. The summed E-state index contributed by atoms with van der Waals surface area (Å²) < 4.78 is 18.6. The molecule has 0 saturated carbocycles. The summed E-state index contributed by atoms with van der Waals surface area (Å²) in [5, 5.41) is 0.584. The van der Waals surface area contributed by atoms with Crippen molar-refractivity contribution in [1.29, 1.82) is 0 Å². The molecule has 0 aliphatic rings. The molecule has 3 aromatic rings. The van der Waals surface area contributed by atoms with Gasteiger partial charge in [-0.15, -0.1) is 0 Å². The molecule has 22 heavy (non-hydrogen) atoms.